The fourth-order valence-corrected chi connectivity index (χ4v) is 2.31. The summed E-state index contributed by atoms with van der Waals surface area (Å²) < 4.78 is 0. The largest absolute Gasteiger partial charge is 0.325 e. The summed E-state index contributed by atoms with van der Waals surface area (Å²) in [6.07, 6.45) is 5.50. The molecule has 11 heavy (non-hydrogen) atoms. The Kier molecular flexibility index (Phi) is 2.58. The maximum atomic E-state index is 6.10. The summed E-state index contributed by atoms with van der Waals surface area (Å²) in [5.74, 6) is 1.68. The lowest BCUT2D eigenvalue weighted by atomic mass is 9.68. The third-order valence-corrected chi connectivity index (χ3v) is 3.11. The molecule has 1 fully saturated rings. The second-order valence-electron chi connectivity index (χ2n) is 4.53. The van der Waals surface area contributed by atoms with Crippen LogP contribution in [0.15, 0.2) is 0 Å². The predicted octanol–water partition coefficient (Wildman–Crippen LogP) is 2.55. The monoisotopic (exact) mass is 155 g/mol. The van der Waals surface area contributed by atoms with E-state index >= 15 is 0 Å². The summed E-state index contributed by atoms with van der Waals surface area (Å²) >= 11 is 0. The predicted molar refractivity (Wildman–Crippen MR) is 49.4 cm³/mol. The Morgan fingerprint density at radius 1 is 1.45 bits per heavy atom. The van der Waals surface area contributed by atoms with Gasteiger partial charge in [0.05, 0.1) is 0 Å². The van der Waals surface area contributed by atoms with Gasteiger partial charge in [0, 0.05) is 5.54 Å². The van der Waals surface area contributed by atoms with Crippen molar-refractivity contribution in [3.05, 3.63) is 0 Å². The smallest absolute Gasteiger partial charge is 0.0128 e. The van der Waals surface area contributed by atoms with E-state index in [4.69, 9.17) is 5.73 Å². The van der Waals surface area contributed by atoms with Crippen LogP contribution >= 0.6 is 0 Å². The van der Waals surface area contributed by atoms with Gasteiger partial charge in [0.15, 0.2) is 0 Å². The van der Waals surface area contributed by atoms with E-state index in [2.05, 4.69) is 20.8 Å². The van der Waals surface area contributed by atoms with Crippen molar-refractivity contribution < 1.29 is 0 Å². The summed E-state index contributed by atoms with van der Waals surface area (Å²) in [6, 6.07) is 0. The number of rotatable bonds is 3. The summed E-state index contributed by atoms with van der Waals surface area (Å²) in [4.78, 5) is 0. The highest BCUT2D eigenvalue weighted by Gasteiger charge is 2.34. The molecule has 2 N–H and O–H groups in total. The molecule has 1 aliphatic rings. The molecule has 1 unspecified atom stereocenters. The van der Waals surface area contributed by atoms with Crippen molar-refractivity contribution in [3.8, 4) is 0 Å². The molecule has 66 valence electrons. The number of hydrogen-bond donors (Lipinski definition) is 1. The second-order valence-corrected chi connectivity index (χ2v) is 4.53. The Hall–Kier alpha value is -0.0400. The van der Waals surface area contributed by atoms with Crippen LogP contribution in [0.4, 0.5) is 0 Å². The average Bonchev–Trinajstić information content (AvgIpc) is 1.74. The van der Waals surface area contributed by atoms with Gasteiger partial charge in [-0.15, -0.1) is 0 Å². The second kappa shape index (κ2) is 3.14. The zero-order valence-electron chi connectivity index (χ0n) is 8.06. The first-order valence-electron chi connectivity index (χ1n) is 4.84. The highest BCUT2D eigenvalue weighted by atomic mass is 14.7. The molecule has 1 saturated carbocycles. The molecule has 1 nitrogen and oxygen atoms in total. The Morgan fingerprint density at radius 3 is 2.09 bits per heavy atom. The van der Waals surface area contributed by atoms with Crippen LogP contribution in [-0.2, 0) is 0 Å². The van der Waals surface area contributed by atoms with E-state index in [9.17, 15) is 0 Å². The number of nitrogens with two attached hydrogens (primary N) is 1. The van der Waals surface area contributed by atoms with Crippen LogP contribution < -0.4 is 5.73 Å². The third kappa shape index (κ3) is 1.96. The average molecular weight is 155 g/mol. The van der Waals surface area contributed by atoms with Gasteiger partial charge >= 0.3 is 0 Å². The maximum Gasteiger partial charge on any atom is 0.0128 e. The highest BCUT2D eigenvalue weighted by molar-refractivity contribution is 4.89. The summed E-state index contributed by atoms with van der Waals surface area (Å²) in [7, 11) is 0. The molecular formula is C10H21N. The van der Waals surface area contributed by atoms with E-state index < -0.39 is 0 Å². The maximum absolute atomic E-state index is 6.10. The fraction of sp³-hybridized carbons (Fsp3) is 1.00. The van der Waals surface area contributed by atoms with E-state index in [0.29, 0.717) is 0 Å². The van der Waals surface area contributed by atoms with Crippen molar-refractivity contribution in [3.63, 3.8) is 0 Å². The van der Waals surface area contributed by atoms with Crippen LogP contribution in [0.1, 0.15) is 46.5 Å². The Balaban J connectivity index is 2.48. The SMILES string of the molecule is CCC(C1CCC1)C(C)(C)N. The van der Waals surface area contributed by atoms with Crippen LogP contribution in [0.2, 0.25) is 0 Å². The quantitative estimate of drug-likeness (QED) is 0.666. The molecule has 0 saturated heterocycles. The van der Waals surface area contributed by atoms with E-state index in [1.165, 1.54) is 25.7 Å². The van der Waals surface area contributed by atoms with E-state index in [-0.39, 0.29) is 5.54 Å². The molecule has 0 bridgehead atoms. The van der Waals surface area contributed by atoms with Crippen molar-refractivity contribution in [1.82, 2.24) is 0 Å². The minimum Gasteiger partial charge on any atom is -0.325 e. The van der Waals surface area contributed by atoms with Crippen molar-refractivity contribution in [2.24, 2.45) is 17.6 Å². The first-order valence-corrected chi connectivity index (χ1v) is 4.84. The normalized spacial score (nSPS) is 22.9. The Morgan fingerprint density at radius 2 is 2.00 bits per heavy atom. The minimum absolute atomic E-state index is 0.0415. The van der Waals surface area contributed by atoms with Crippen LogP contribution in [0.25, 0.3) is 0 Å². The minimum atomic E-state index is 0.0415. The lowest BCUT2D eigenvalue weighted by molar-refractivity contribution is 0.134. The fourth-order valence-electron chi connectivity index (χ4n) is 2.31. The lowest BCUT2D eigenvalue weighted by Crippen LogP contribution is -2.45. The van der Waals surface area contributed by atoms with Crippen LogP contribution in [-0.4, -0.2) is 5.54 Å². The molecule has 0 amide bonds. The molecule has 1 rings (SSSR count). The van der Waals surface area contributed by atoms with Crippen LogP contribution in [0.3, 0.4) is 0 Å². The van der Waals surface area contributed by atoms with Crippen molar-refractivity contribution in [1.29, 1.82) is 0 Å². The molecule has 0 spiro atoms. The van der Waals surface area contributed by atoms with Gasteiger partial charge in [0.25, 0.3) is 0 Å². The van der Waals surface area contributed by atoms with Gasteiger partial charge in [-0.05, 0) is 25.7 Å². The topological polar surface area (TPSA) is 26.0 Å². The molecule has 0 heterocycles. The van der Waals surface area contributed by atoms with Crippen molar-refractivity contribution >= 4 is 0 Å². The molecule has 0 aliphatic heterocycles. The molecule has 1 heteroatoms. The number of hydrogen-bond acceptors (Lipinski definition) is 1. The van der Waals surface area contributed by atoms with E-state index in [0.717, 1.165) is 11.8 Å². The van der Waals surface area contributed by atoms with Gasteiger partial charge in [0.2, 0.25) is 0 Å². The van der Waals surface area contributed by atoms with Gasteiger partial charge in [-0.25, -0.2) is 0 Å². The van der Waals surface area contributed by atoms with E-state index in [1.54, 1.807) is 0 Å². The molecule has 0 aromatic carbocycles. The van der Waals surface area contributed by atoms with Gasteiger partial charge in [-0.1, -0.05) is 32.6 Å². The standard InChI is InChI=1S/C10H21N/c1-4-9(10(2,3)11)8-6-5-7-8/h8-9H,4-7,11H2,1-3H3. The highest BCUT2D eigenvalue weighted by Crippen LogP contribution is 2.39. The third-order valence-electron chi connectivity index (χ3n) is 3.11. The molecule has 1 aliphatic carbocycles. The van der Waals surface area contributed by atoms with Gasteiger partial charge < -0.3 is 5.73 Å². The van der Waals surface area contributed by atoms with Crippen LogP contribution in [0, 0.1) is 11.8 Å². The van der Waals surface area contributed by atoms with Gasteiger partial charge in [-0.2, -0.15) is 0 Å². The van der Waals surface area contributed by atoms with Gasteiger partial charge in [-0.3, -0.25) is 0 Å². The Bertz CT molecular complexity index is 119. The first-order chi connectivity index (χ1) is 5.05. The van der Waals surface area contributed by atoms with Crippen LogP contribution in [0.5, 0.6) is 0 Å². The van der Waals surface area contributed by atoms with Crippen molar-refractivity contribution in [2.45, 2.75) is 52.0 Å². The molecule has 0 aromatic heterocycles. The van der Waals surface area contributed by atoms with Crippen molar-refractivity contribution in [2.75, 3.05) is 0 Å². The Labute approximate surface area is 70.4 Å². The molecule has 0 radical (unpaired) electrons. The molecular weight excluding hydrogens is 134 g/mol. The molecule has 0 aromatic rings. The van der Waals surface area contributed by atoms with E-state index in [1.807, 2.05) is 0 Å². The zero-order chi connectivity index (χ0) is 8.48. The first kappa shape index (κ1) is 9.05. The van der Waals surface area contributed by atoms with Gasteiger partial charge in [0.1, 0.15) is 0 Å². The molecule has 1 atom stereocenters. The summed E-state index contributed by atoms with van der Waals surface area (Å²) in [6.45, 7) is 6.59. The summed E-state index contributed by atoms with van der Waals surface area (Å²) in [5, 5.41) is 0. The zero-order valence-corrected chi connectivity index (χ0v) is 8.06. The summed E-state index contributed by atoms with van der Waals surface area (Å²) in [5.41, 5.74) is 6.14. The lowest BCUT2D eigenvalue weighted by Gasteiger charge is -2.41.